The Bertz CT molecular complexity index is 917. The number of piperazine rings is 1. The average Bonchev–Trinajstić information content (AvgIpc) is 3.17. The Balaban J connectivity index is 1.43. The summed E-state index contributed by atoms with van der Waals surface area (Å²) < 4.78 is 27.0. The summed E-state index contributed by atoms with van der Waals surface area (Å²) in [5, 5.41) is 0.368. The van der Waals surface area contributed by atoms with Crippen molar-refractivity contribution in [2.24, 2.45) is 0 Å². The van der Waals surface area contributed by atoms with Crippen LogP contribution in [0.5, 0.6) is 0 Å². The molecule has 3 aliphatic heterocycles. The van der Waals surface area contributed by atoms with Crippen LogP contribution in [0.2, 0.25) is 5.02 Å². The minimum absolute atomic E-state index is 0.0352. The quantitative estimate of drug-likeness (QED) is 0.709. The highest BCUT2D eigenvalue weighted by Crippen LogP contribution is 2.47. The lowest BCUT2D eigenvalue weighted by atomic mass is 10.2. The molecule has 1 aromatic rings. The van der Waals surface area contributed by atoms with Gasteiger partial charge in [-0.2, -0.15) is 4.31 Å². The molecule has 7 nitrogen and oxygen atoms in total. The van der Waals surface area contributed by atoms with Crippen molar-refractivity contribution >= 4 is 45.2 Å². The maximum Gasteiger partial charge on any atom is 0.246 e. The molecule has 3 fully saturated rings. The Morgan fingerprint density at radius 3 is 2.64 bits per heavy atom. The van der Waals surface area contributed by atoms with E-state index in [2.05, 4.69) is 0 Å². The second-order valence-electron chi connectivity index (χ2n) is 7.45. The number of carbonyl (C=O) groups is 2. The van der Waals surface area contributed by atoms with Crippen LogP contribution in [0.25, 0.3) is 0 Å². The van der Waals surface area contributed by atoms with Gasteiger partial charge in [0, 0.05) is 43.4 Å². The van der Waals surface area contributed by atoms with Gasteiger partial charge < -0.3 is 9.80 Å². The van der Waals surface area contributed by atoms with Gasteiger partial charge in [-0.1, -0.05) is 17.7 Å². The molecule has 0 spiro atoms. The van der Waals surface area contributed by atoms with Crippen LogP contribution < -0.4 is 0 Å². The van der Waals surface area contributed by atoms with Crippen LogP contribution in [0.3, 0.4) is 0 Å². The Hall–Kier alpha value is -1.29. The highest BCUT2D eigenvalue weighted by atomic mass is 35.5. The molecule has 10 heteroatoms. The maximum atomic E-state index is 13.0. The normalized spacial score (nSPS) is 28.6. The summed E-state index contributed by atoms with van der Waals surface area (Å²) in [5.74, 6) is 0.557. The topological polar surface area (TPSA) is 78.0 Å². The zero-order valence-electron chi connectivity index (χ0n) is 15.5. The van der Waals surface area contributed by atoms with Crippen molar-refractivity contribution in [3.05, 3.63) is 29.3 Å². The van der Waals surface area contributed by atoms with Crippen LogP contribution in [0.1, 0.15) is 19.8 Å². The van der Waals surface area contributed by atoms with E-state index in [9.17, 15) is 18.0 Å². The highest BCUT2D eigenvalue weighted by molar-refractivity contribution is 8.01. The molecule has 0 N–H and O–H groups in total. The third kappa shape index (κ3) is 3.32. The summed E-state index contributed by atoms with van der Waals surface area (Å²) in [7, 11) is -3.64. The van der Waals surface area contributed by atoms with Crippen molar-refractivity contribution in [2.45, 2.75) is 35.6 Å². The molecule has 0 aliphatic carbocycles. The molecule has 0 radical (unpaired) electrons. The zero-order chi connectivity index (χ0) is 20.1. The van der Waals surface area contributed by atoms with E-state index in [0.717, 1.165) is 6.42 Å². The van der Waals surface area contributed by atoms with Gasteiger partial charge in [0.2, 0.25) is 21.8 Å². The van der Waals surface area contributed by atoms with Crippen LogP contribution in [0.4, 0.5) is 0 Å². The van der Waals surface area contributed by atoms with Crippen LogP contribution in [0, 0.1) is 0 Å². The molecule has 0 bridgehead atoms. The van der Waals surface area contributed by atoms with E-state index in [1.807, 2.05) is 6.92 Å². The third-order valence-electron chi connectivity index (χ3n) is 5.71. The molecule has 0 aromatic heterocycles. The van der Waals surface area contributed by atoms with Crippen molar-refractivity contribution in [3.63, 3.8) is 0 Å². The van der Waals surface area contributed by atoms with Gasteiger partial charge in [-0.05, 0) is 31.5 Å². The fraction of sp³-hybridized carbons (Fsp3) is 0.556. The van der Waals surface area contributed by atoms with Gasteiger partial charge in [-0.3, -0.25) is 9.59 Å². The summed E-state index contributed by atoms with van der Waals surface area (Å²) >= 11 is 7.59. The van der Waals surface area contributed by atoms with Crippen molar-refractivity contribution in [1.29, 1.82) is 0 Å². The molecule has 2 atom stereocenters. The SMILES string of the molecule is C[C@@]12CCC(=O)N1[C@H](C(=O)N1CCN(S(=O)(=O)c3cccc(Cl)c3)CC1)CS2. The number of amides is 2. The predicted molar refractivity (Wildman–Crippen MR) is 108 cm³/mol. The molecule has 3 saturated heterocycles. The third-order valence-corrected chi connectivity index (χ3v) is 9.35. The van der Waals surface area contributed by atoms with Gasteiger partial charge in [0.25, 0.3) is 0 Å². The monoisotopic (exact) mass is 443 g/mol. The highest BCUT2D eigenvalue weighted by Gasteiger charge is 2.53. The largest absolute Gasteiger partial charge is 0.338 e. The van der Waals surface area contributed by atoms with Crippen molar-refractivity contribution in [2.75, 3.05) is 31.9 Å². The molecule has 1 aromatic carbocycles. The van der Waals surface area contributed by atoms with E-state index in [1.165, 1.54) is 16.4 Å². The van der Waals surface area contributed by atoms with E-state index in [4.69, 9.17) is 11.6 Å². The minimum Gasteiger partial charge on any atom is -0.338 e. The lowest BCUT2D eigenvalue weighted by molar-refractivity contribution is -0.144. The van der Waals surface area contributed by atoms with Gasteiger partial charge in [-0.25, -0.2) is 8.42 Å². The maximum absolute atomic E-state index is 13.0. The molecular weight excluding hydrogens is 422 g/mol. The number of benzene rings is 1. The van der Waals surface area contributed by atoms with Crippen LogP contribution in [-0.4, -0.2) is 77.2 Å². The lowest BCUT2D eigenvalue weighted by Crippen LogP contribution is -2.56. The van der Waals surface area contributed by atoms with Crippen LogP contribution in [-0.2, 0) is 19.6 Å². The average molecular weight is 444 g/mol. The lowest BCUT2D eigenvalue weighted by Gasteiger charge is -2.37. The summed E-state index contributed by atoms with van der Waals surface area (Å²) in [6.07, 6.45) is 1.25. The second kappa shape index (κ2) is 7.19. The second-order valence-corrected chi connectivity index (χ2v) is 11.3. The molecule has 4 rings (SSSR count). The number of thioether (sulfide) groups is 1. The Labute approximate surface area is 174 Å². The van der Waals surface area contributed by atoms with Gasteiger partial charge in [-0.15, -0.1) is 11.8 Å². The number of sulfonamides is 1. The number of carbonyl (C=O) groups excluding carboxylic acids is 2. The first-order valence-electron chi connectivity index (χ1n) is 9.23. The molecule has 3 heterocycles. The molecule has 0 unspecified atom stereocenters. The molecule has 3 aliphatic rings. The van der Waals surface area contributed by atoms with Gasteiger partial charge in [0.1, 0.15) is 6.04 Å². The first-order chi connectivity index (χ1) is 13.2. The van der Waals surface area contributed by atoms with Crippen molar-refractivity contribution in [3.8, 4) is 0 Å². The number of hydrogen-bond donors (Lipinski definition) is 0. The standard InChI is InChI=1S/C18H22ClN3O4S2/c1-18-6-5-16(23)22(18)15(12-27-18)17(24)20-7-9-21(10-8-20)28(25,26)14-4-2-3-13(19)11-14/h2-4,11,15H,5-10,12H2,1H3/t15-,18+/m0/s1. The molecule has 152 valence electrons. The van der Waals surface area contributed by atoms with Gasteiger partial charge in [0.05, 0.1) is 9.77 Å². The minimum atomic E-state index is -3.64. The number of hydrogen-bond acceptors (Lipinski definition) is 5. The summed E-state index contributed by atoms with van der Waals surface area (Å²) in [5.41, 5.74) is 0. The predicted octanol–water partition coefficient (Wildman–Crippen LogP) is 1.63. The van der Waals surface area contributed by atoms with Crippen LogP contribution in [0.15, 0.2) is 29.2 Å². The van der Waals surface area contributed by atoms with E-state index in [1.54, 1.807) is 33.7 Å². The number of halogens is 1. The fourth-order valence-corrected chi connectivity index (χ4v) is 7.29. The van der Waals surface area contributed by atoms with Gasteiger partial charge in [0.15, 0.2) is 0 Å². The smallest absolute Gasteiger partial charge is 0.246 e. The molecule has 28 heavy (non-hydrogen) atoms. The Kier molecular flexibility index (Phi) is 5.14. The van der Waals surface area contributed by atoms with Crippen LogP contribution >= 0.6 is 23.4 Å². The fourth-order valence-electron chi connectivity index (χ4n) is 4.14. The summed E-state index contributed by atoms with van der Waals surface area (Å²) in [4.78, 5) is 28.6. The number of rotatable bonds is 3. The molecule has 2 amide bonds. The molecular formula is C18H22ClN3O4S2. The van der Waals surface area contributed by atoms with Crippen molar-refractivity contribution < 1.29 is 18.0 Å². The first kappa shape index (κ1) is 20.0. The van der Waals surface area contributed by atoms with E-state index >= 15 is 0 Å². The van der Waals surface area contributed by atoms with Crippen molar-refractivity contribution in [1.82, 2.24) is 14.1 Å². The summed E-state index contributed by atoms with van der Waals surface area (Å²) in [6.45, 7) is 3.11. The number of fused-ring (bicyclic) bond motifs is 1. The Morgan fingerprint density at radius 1 is 1.25 bits per heavy atom. The van der Waals surface area contributed by atoms with Gasteiger partial charge >= 0.3 is 0 Å². The Morgan fingerprint density at radius 2 is 1.96 bits per heavy atom. The molecule has 0 saturated carbocycles. The zero-order valence-corrected chi connectivity index (χ0v) is 17.9. The first-order valence-corrected chi connectivity index (χ1v) is 12.0. The van der Waals surface area contributed by atoms with E-state index in [0.29, 0.717) is 30.3 Å². The van der Waals surface area contributed by atoms with E-state index < -0.39 is 16.1 Å². The number of nitrogens with zero attached hydrogens (tertiary/aromatic N) is 3. The summed E-state index contributed by atoms with van der Waals surface area (Å²) in [6, 6.07) is 5.75. The van der Waals surface area contributed by atoms with E-state index in [-0.39, 0.29) is 34.7 Å².